The van der Waals surface area contributed by atoms with Gasteiger partial charge in [0.05, 0.1) is 17.7 Å². The molecule has 0 spiro atoms. The summed E-state index contributed by atoms with van der Waals surface area (Å²) in [7, 11) is 3.12. The molecule has 2 heterocycles. The Balaban J connectivity index is 1.41. The van der Waals surface area contributed by atoms with Crippen molar-refractivity contribution in [3.8, 4) is 11.4 Å². The van der Waals surface area contributed by atoms with E-state index in [-0.39, 0.29) is 35.5 Å². The molecular formula is C29H38FN5O5. The Hall–Kier alpha value is -3.60. The summed E-state index contributed by atoms with van der Waals surface area (Å²) in [5.74, 6) is -1.00. The highest BCUT2D eigenvalue weighted by molar-refractivity contribution is 5.95. The van der Waals surface area contributed by atoms with E-state index in [0.717, 1.165) is 12.8 Å². The summed E-state index contributed by atoms with van der Waals surface area (Å²) < 4.78 is 25.3. The van der Waals surface area contributed by atoms with E-state index in [4.69, 9.17) is 9.47 Å². The van der Waals surface area contributed by atoms with Gasteiger partial charge >= 0.3 is 6.09 Å². The number of benzene rings is 1. The first-order valence-corrected chi connectivity index (χ1v) is 13.7. The molecule has 0 atom stereocenters. The number of likely N-dealkylation sites (N-methyl/N-ethyl adjacent to an activating group) is 1. The van der Waals surface area contributed by atoms with Gasteiger partial charge in [-0.2, -0.15) is 0 Å². The van der Waals surface area contributed by atoms with Crippen LogP contribution in [0.1, 0.15) is 67.2 Å². The summed E-state index contributed by atoms with van der Waals surface area (Å²) >= 11 is 0. The molecule has 1 saturated heterocycles. The Bertz CT molecular complexity index is 1220. The minimum atomic E-state index is -0.673. The molecule has 40 heavy (non-hydrogen) atoms. The lowest BCUT2D eigenvalue weighted by Gasteiger charge is -2.39. The van der Waals surface area contributed by atoms with E-state index in [1.54, 1.807) is 18.0 Å². The van der Waals surface area contributed by atoms with Crippen LogP contribution >= 0.6 is 0 Å². The molecule has 0 N–H and O–H groups in total. The first-order valence-electron chi connectivity index (χ1n) is 13.7. The number of rotatable bonds is 8. The first kappa shape index (κ1) is 29.4. The summed E-state index contributed by atoms with van der Waals surface area (Å²) in [6, 6.07) is 4.41. The number of methoxy groups -OCH3 is 1. The number of ether oxygens (including phenoxy) is 2. The van der Waals surface area contributed by atoms with Crippen LogP contribution in [0.2, 0.25) is 0 Å². The number of aromatic nitrogens is 2. The molecule has 1 aromatic carbocycles. The average Bonchev–Trinajstić information content (AvgIpc) is 3.76. The van der Waals surface area contributed by atoms with Gasteiger partial charge in [0.1, 0.15) is 11.4 Å². The van der Waals surface area contributed by atoms with Crippen LogP contribution in [-0.4, -0.2) is 101 Å². The third-order valence-corrected chi connectivity index (χ3v) is 7.02. The number of halogens is 1. The summed E-state index contributed by atoms with van der Waals surface area (Å²) in [6.07, 6.45) is 5.84. The predicted molar refractivity (Wildman–Crippen MR) is 146 cm³/mol. The number of carbonyl (C=O) groups is 3. The maximum atomic E-state index is 14.8. The number of likely N-dealkylation sites (tertiary alicyclic amines) is 1. The van der Waals surface area contributed by atoms with Gasteiger partial charge in [0.2, 0.25) is 0 Å². The van der Waals surface area contributed by atoms with Crippen LogP contribution in [0.15, 0.2) is 30.6 Å². The molecule has 1 aliphatic heterocycles. The zero-order valence-corrected chi connectivity index (χ0v) is 23.9. The minimum absolute atomic E-state index is 0.0135. The molecule has 0 unspecified atom stereocenters. The van der Waals surface area contributed by atoms with Crippen LogP contribution < -0.4 is 0 Å². The van der Waals surface area contributed by atoms with Crippen LogP contribution in [0.5, 0.6) is 0 Å². The van der Waals surface area contributed by atoms with Crippen molar-refractivity contribution in [1.82, 2.24) is 24.7 Å². The van der Waals surface area contributed by atoms with Gasteiger partial charge in [0.25, 0.3) is 11.8 Å². The summed E-state index contributed by atoms with van der Waals surface area (Å²) in [5, 5.41) is 0. The van der Waals surface area contributed by atoms with E-state index in [9.17, 15) is 18.8 Å². The molecule has 1 saturated carbocycles. The summed E-state index contributed by atoms with van der Waals surface area (Å²) in [4.78, 5) is 52.2. The van der Waals surface area contributed by atoms with Gasteiger partial charge in [-0.25, -0.2) is 19.2 Å². The van der Waals surface area contributed by atoms with Crippen molar-refractivity contribution in [2.45, 2.75) is 64.1 Å². The second-order valence-electron chi connectivity index (χ2n) is 11.4. The molecule has 216 valence electrons. The van der Waals surface area contributed by atoms with Crippen molar-refractivity contribution in [2.75, 3.05) is 40.4 Å². The van der Waals surface area contributed by atoms with Crippen LogP contribution in [0.4, 0.5) is 9.18 Å². The smallest absolute Gasteiger partial charge is 0.410 e. The maximum absolute atomic E-state index is 14.8. The molecule has 1 aliphatic carbocycles. The van der Waals surface area contributed by atoms with Gasteiger partial charge in [-0.1, -0.05) is 6.07 Å². The van der Waals surface area contributed by atoms with Crippen molar-refractivity contribution < 1.29 is 28.2 Å². The molecule has 2 fully saturated rings. The van der Waals surface area contributed by atoms with Gasteiger partial charge in [0.15, 0.2) is 5.82 Å². The number of carbonyl (C=O) groups excluding carboxylic acids is 3. The molecule has 2 aromatic rings. The zero-order chi connectivity index (χ0) is 29.0. The van der Waals surface area contributed by atoms with Crippen molar-refractivity contribution in [3.63, 3.8) is 0 Å². The number of nitrogens with zero attached hydrogens (tertiary/aromatic N) is 5. The van der Waals surface area contributed by atoms with E-state index < -0.39 is 17.3 Å². The molecule has 0 radical (unpaired) electrons. The van der Waals surface area contributed by atoms with Crippen LogP contribution in [-0.2, 0) is 9.47 Å². The number of piperidine rings is 1. The van der Waals surface area contributed by atoms with Crippen molar-refractivity contribution in [3.05, 3.63) is 47.5 Å². The number of hydrogen-bond acceptors (Lipinski definition) is 7. The van der Waals surface area contributed by atoms with E-state index in [1.807, 2.05) is 25.7 Å². The highest BCUT2D eigenvalue weighted by Crippen LogP contribution is 2.33. The van der Waals surface area contributed by atoms with Crippen LogP contribution in [0, 0.1) is 5.82 Å². The van der Waals surface area contributed by atoms with Crippen molar-refractivity contribution >= 4 is 17.9 Å². The minimum Gasteiger partial charge on any atom is -0.444 e. The zero-order valence-electron chi connectivity index (χ0n) is 23.9. The lowest BCUT2D eigenvalue weighted by molar-refractivity contribution is 0.0142. The van der Waals surface area contributed by atoms with Crippen LogP contribution in [0.3, 0.4) is 0 Å². The highest BCUT2D eigenvalue weighted by atomic mass is 19.1. The van der Waals surface area contributed by atoms with Gasteiger partial charge in [-0.3, -0.25) is 9.59 Å². The lowest BCUT2D eigenvalue weighted by Crippen LogP contribution is -2.50. The highest BCUT2D eigenvalue weighted by Gasteiger charge is 2.40. The second-order valence-corrected chi connectivity index (χ2v) is 11.4. The second kappa shape index (κ2) is 12.3. The Morgan fingerprint density at radius 1 is 1.02 bits per heavy atom. The van der Waals surface area contributed by atoms with Gasteiger partial charge < -0.3 is 24.2 Å². The average molecular weight is 556 g/mol. The summed E-state index contributed by atoms with van der Waals surface area (Å²) in [6.45, 7) is 7.27. The molecule has 3 amide bonds. The Labute approximate surface area is 234 Å². The quantitative estimate of drug-likeness (QED) is 0.485. The molecule has 11 heteroatoms. The molecule has 4 rings (SSSR count). The molecular weight excluding hydrogens is 517 g/mol. The van der Waals surface area contributed by atoms with Crippen LogP contribution in [0.25, 0.3) is 11.4 Å². The first-order chi connectivity index (χ1) is 19.0. The normalized spacial score (nSPS) is 16.0. The Morgan fingerprint density at radius 3 is 2.20 bits per heavy atom. The van der Waals surface area contributed by atoms with E-state index in [1.165, 1.54) is 36.5 Å². The fourth-order valence-electron chi connectivity index (χ4n) is 4.74. The van der Waals surface area contributed by atoms with Gasteiger partial charge in [-0.15, -0.1) is 0 Å². The Kier molecular flexibility index (Phi) is 9.02. The number of amides is 3. The van der Waals surface area contributed by atoms with Gasteiger partial charge in [0, 0.05) is 63.8 Å². The predicted octanol–water partition coefficient (Wildman–Crippen LogP) is 4.01. The number of hydrogen-bond donors (Lipinski definition) is 0. The van der Waals surface area contributed by atoms with E-state index >= 15 is 0 Å². The fraction of sp³-hybridized carbons (Fsp3) is 0.552. The molecule has 1 aromatic heterocycles. The summed E-state index contributed by atoms with van der Waals surface area (Å²) in [5.41, 5.74) is 0.160. The third kappa shape index (κ3) is 7.12. The Morgan fingerprint density at radius 2 is 1.65 bits per heavy atom. The molecule has 2 aliphatic rings. The SMILES string of the molecule is COCCN(C)C(=O)c1ccc(-c2ncc(C(=O)N(C3CC3)C3CCN(C(=O)OC(C)(C)C)CC3)cn2)cc1F. The van der Waals surface area contributed by atoms with E-state index in [2.05, 4.69) is 9.97 Å². The standard InChI is InChI=1S/C29H38FN5O5/c1-29(2,3)40-28(38)34-12-10-22(11-13-34)35(21-7-8-21)26(36)20-17-31-25(32-18-20)19-6-9-23(24(30)16-19)27(37)33(4)14-15-39-5/h6,9,16-18,21-22H,7-8,10-15H2,1-5H3. The van der Waals surface area contributed by atoms with Crippen molar-refractivity contribution in [1.29, 1.82) is 0 Å². The maximum Gasteiger partial charge on any atom is 0.410 e. The van der Waals surface area contributed by atoms with Gasteiger partial charge in [-0.05, 0) is 58.6 Å². The topological polar surface area (TPSA) is 105 Å². The van der Waals surface area contributed by atoms with Crippen molar-refractivity contribution in [2.24, 2.45) is 0 Å². The molecule has 10 nitrogen and oxygen atoms in total. The monoisotopic (exact) mass is 555 g/mol. The molecule has 0 bridgehead atoms. The van der Waals surface area contributed by atoms with E-state index in [0.29, 0.717) is 50.2 Å². The fourth-order valence-corrected chi connectivity index (χ4v) is 4.74. The largest absolute Gasteiger partial charge is 0.444 e. The third-order valence-electron chi connectivity index (χ3n) is 7.02. The lowest BCUT2D eigenvalue weighted by atomic mass is 10.0.